The number of halogens is 1. The molecule has 1 saturated carbocycles. The minimum absolute atomic E-state index is 0. The van der Waals surface area contributed by atoms with Crippen molar-refractivity contribution in [1.29, 1.82) is 0 Å². The molecule has 0 heterocycles. The molecule has 1 aromatic rings. The maximum Gasteiger partial charge on any atom is 0.224 e. The fourth-order valence-corrected chi connectivity index (χ4v) is 3.22. The lowest BCUT2D eigenvalue weighted by molar-refractivity contribution is -0.122. The lowest BCUT2D eigenvalue weighted by Crippen LogP contribution is -2.52. The number of rotatable bonds is 6. The average molecular weight is 325 g/mol. The lowest BCUT2D eigenvalue weighted by Gasteiger charge is -2.28. The van der Waals surface area contributed by atoms with Gasteiger partial charge >= 0.3 is 0 Å². The van der Waals surface area contributed by atoms with Crippen molar-refractivity contribution in [3.05, 3.63) is 35.4 Å². The maximum absolute atomic E-state index is 12.2. The molecule has 124 valence electrons. The Kier molecular flexibility index (Phi) is 7.37. The molecule has 0 radical (unpaired) electrons. The fourth-order valence-electron chi connectivity index (χ4n) is 3.22. The largest absolute Gasteiger partial charge is 0.349 e. The normalized spacial score (nSPS) is 16.4. The molecule has 1 aliphatic carbocycles. The third kappa shape index (κ3) is 5.29. The Bertz CT molecular complexity index is 464. The molecule has 0 bridgehead atoms. The Morgan fingerprint density at radius 1 is 1.18 bits per heavy atom. The van der Waals surface area contributed by atoms with Gasteiger partial charge in [0.1, 0.15) is 0 Å². The van der Waals surface area contributed by atoms with E-state index < -0.39 is 0 Å². The van der Waals surface area contributed by atoms with Gasteiger partial charge in [-0.1, -0.05) is 51.0 Å². The van der Waals surface area contributed by atoms with Gasteiger partial charge in [-0.25, -0.2) is 0 Å². The van der Waals surface area contributed by atoms with E-state index in [0.29, 0.717) is 18.9 Å². The van der Waals surface area contributed by atoms with Crippen molar-refractivity contribution in [3.8, 4) is 0 Å². The summed E-state index contributed by atoms with van der Waals surface area (Å²) in [7, 11) is 0. The second-order valence-electron chi connectivity index (χ2n) is 6.83. The Morgan fingerprint density at radius 2 is 1.73 bits per heavy atom. The lowest BCUT2D eigenvalue weighted by atomic mass is 9.97. The zero-order chi connectivity index (χ0) is 15.3. The van der Waals surface area contributed by atoms with E-state index in [1.54, 1.807) is 0 Å². The van der Waals surface area contributed by atoms with Gasteiger partial charge in [0.2, 0.25) is 5.91 Å². The molecule has 4 heteroatoms. The molecule has 0 saturated heterocycles. The molecular weight excluding hydrogens is 296 g/mol. The van der Waals surface area contributed by atoms with Crippen LogP contribution in [0.4, 0.5) is 0 Å². The van der Waals surface area contributed by atoms with Crippen molar-refractivity contribution in [2.45, 2.75) is 57.9 Å². The summed E-state index contributed by atoms with van der Waals surface area (Å²) in [5.41, 5.74) is 8.13. The molecular formula is C18H29ClN2O. The van der Waals surface area contributed by atoms with E-state index in [1.165, 1.54) is 18.4 Å². The summed E-state index contributed by atoms with van der Waals surface area (Å²) in [5.74, 6) is 0.755. The van der Waals surface area contributed by atoms with Crippen LogP contribution < -0.4 is 11.1 Å². The smallest absolute Gasteiger partial charge is 0.224 e. The van der Waals surface area contributed by atoms with Gasteiger partial charge in [0, 0.05) is 6.54 Å². The van der Waals surface area contributed by atoms with Crippen molar-refractivity contribution in [2.24, 2.45) is 11.7 Å². The highest BCUT2D eigenvalue weighted by atomic mass is 35.5. The number of carbonyl (C=O) groups excluding carboxylic acids is 1. The van der Waals surface area contributed by atoms with Crippen LogP contribution in [0.25, 0.3) is 0 Å². The molecule has 0 aliphatic heterocycles. The van der Waals surface area contributed by atoms with Gasteiger partial charge in [-0.05, 0) is 36.3 Å². The number of amides is 1. The van der Waals surface area contributed by atoms with E-state index in [9.17, 15) is 4.79 Å². The summed E-state index contributed by atoms with van der Waals surface area (Å²) < 4.78 is 0. The highest BCUT2D eigenvalue weighted by Crippen LogP contribution is 2.28. The molecule has 0 spiro atoms. The molecule has 22 heavy (non-hydrogen) atoms. The Balaban J connectivity index is 0.00000242. The van der Waals surface area contributed by atoms with Crippen LogP contribution in [0, 0.1) is 5.92 Å². The summed E-state index contributed by atoms with van der Waals surface area (Å²) in [6.07, 6.45) is 5.90. The third-order valence-electron chi connectivity index (χ3n) is 4.39. The second kappa shape index (κ2) is 8.54. The van der Waals surface area contributed by atoms with Gasteiger partial charge in [-0.15, -0.1) is 12.4 Å². The average Bonchev–Trinajstić information content (AvgIpc) is 2.89. The van der Waals surface area contributed by atoms with Crippen molar-refractivity contribution < 1.29 is 4.79 Å². The first kappa shape index (κ1) is 19.0. The Morgan fingerprint density at radius 3 is 2.23 bits per heavy atom. The first-order valence-electron chi connectivity index (χ1n) is 8.12. The minimum Gasteiger partial charge on any atom is -0.349 e. The van der Waals surface area contributed by atoms with E-state index in [0.717, 1.165) is 24.8 Å². The highest BCUT2D eigenvalue weighted by molar-refractivity contribution is 5.85. The molecule has 0 atom stereocenters. The van der Waals surface area contributed by atoms with E-state index in [4.69, 9.17) is 5.73 Å². The van der Waals surface area contributed by atoms with Crippen LogP contribution in [0.2, 0.25) is 0 Å². The van der Waals surface area contributed by atoms with Gasteiger partial charge in [0.05, 0.1) is 12.0 Å². The first-order chi connectivity index (χ1) is 10.0. The summed E-state index contributed by atoms with van der Waals surface area (Å²) in [6, 6.07) is 8.41. The number of carbonyl (C=O) groups is 1. The van der Waals surface area contributed by atoms with Crippen LogP contribution >= 0.6 is 12.4 Å². The Hall–Kier alpha value is -1.06. The second-order valence-corrected chi connectivity index (χ2v) is 6.83. The van der Waals surface area contributed by atoms with E-state index in [2.05, 4.69) is 43.4 Å². The summed E-state index contributed by atoms with van der Waals surface area (Å²) >= 11 is 0. The molecule has 1 amide bonds. The molecule has 2 rings (SSSR count). The van der Waals surface area contributed by atoms with Crippen LogP contribution in [-0.2, 0) is 17.6 Å². The van der Waals surface area contributed by atoms with Gasteiger partial charge < -0.3 is 11.1 Å². The van der Waals surface area contributed by atoms with Crippen molar-refractivity contribution in [2.75, 3.05) is 6.54 Å². The number of nitrogens with two attached hydrogens (primary N) is 1. The zero-order valence-corrected chi connectivity index (χ0v) is 14.5. The predicted octanol–water partition coefficient (Wildman–Crippen LogP) is 3.24. The van der Waals surface area contributed by atoms with E-state index >= 15 is 0 Å². The third-order valence-corrected chi connectivity index (χ3v) is 4.39. The molecule has 1 aliphatic rings. The monoisotopic (exact) mass is 324 g/mol. The molecule has 3 N–H and O–H groups in total. The van der Waals surface area contributed by atoms with Gasteiger partial charge in [0.25, 0.3) is 0 Å². The van der Waals surface area contributed by atoms with Crippen LogP contribution in [0.3, 0.4) is 0 Å². The van der Waals surface area contributed by atoms with Gasteiger partial charge in [-0.3, -0.25) is 4.79 Å². The zero-order valence-electron chi connectivity index (χ0n) is 13.7. The Labute approximate surface area is 140 Å². The summed E-state index contributed by atoms with van der Waals surface area (Å²) in [6.45, 7) is 4.98. The minimum atomic E-state index is -0.144. The van der Waals surface area contributed by atoms with Crippen molar-refractivity contribution in [1.82, 2.24) is 5.32 Å². The number of nitrogens with one attached hydrogen (secondary N) is 1. The number of hydrogen-bond acceptors (Lipinski definition) is 2. The topological polar surface area (TPSA) is 55.1 Å². The molecule has 3 nitrogen and oxygen atoms in total. The van der Waals surface area contributed by atoms with Crippen LogP contribution in [0.15, 0.2) is 24.3 Å². The maximum atomic E-state index is 12.2. The first-order valence-corrected chi connectivity index (χ1v) is 8.12. The number of benzene rings is 1. The fraction of sp³-hybridized carbons (Fsp3) is 0.611. The predicted molar refractivity (Wildman–Crippen MR) is 94.3 cm³/mol. The van der Waals surface area contributed by atoms with Crippen LogP contribution in [-0.4, -0.2) is 18.0 Å². The van der Waals surface area contributed by atoms with Gasteiger partial charge in [0.15, 0.2) is 0 Å². The highest BCUT2D eigenvalue weighted by Gasteiger charge is 2.33. The van der Waals surface area contributed by atoms with Gasteiger partial charge in [-0.2, -0.15) is 0 Å². The molecule has 0 aromatic heterocycles. The van der Waals surface area contributed by atoms with Crippen LogP contribution in [0.5, 0.6) is 0 Å². The quantitative estimate of drug-likeness (QED) is 0.844. The molecule has 0 unspecified atom stereocenters. The summed E-state index contributed by atoms with van der Waals surface area (Å²) in [5, 5.41) is 3.17. The molecule has 1 aromatic carbocycles. The van der Waals surface area contributed by atoms with Crippen molar-refractivity contribution in [3.63, 3.8) is 0 Å². The standard InChI is InChI=1S/C18H28N2O.ClH/c1-14(2)11-15-5-7-16(8-6-15)12-17(21)20-18(13-19)9-3-4-10-18;/h5-8,14H,3-4,9-13,19H2,1-2H3,(H,20,21);1H. The van der Waals surface area contributed by atoms with E-state index in [1.807, 2.05) is 0 Å². The van der Waals surface area contributed by atoms with Crippen LogP contribution in [0.1, 0.15) is 50.7 Å². The SMILES string of the molecule is CC(C)Cc1ccc(CC(=O)NC2(CN)CCCC2)cc1.Cl. The number of hydrogen-bond donors (Lipinski definition) is 2. The van der Waals surface area contributed by atoms with Crippen molar-refractivity contribution >= 4 is 18.3 Å². The molecule has 1 fully saturated rings. The summed E-state index contributed by atoms with van der Waals surface area (Å²) in [4.78, 5) is 12.2. The van der Waals surface area contributed by atoms with E-state index in [-0.39, 0.29) is 23.9 Å².